The second kappa shape index (κ2) is 5.13. The number of likely N-dealkylation sites (tertiary alicyclic amines) is 2. The van der Waals surface area contributed by atoms with Crippen LogP contribution in [0, 0.1) is 5.41 Å². The molecule has 2 aromatic rings. The van der Waals surface area contributed by atoms with Gasteiger partial charge in [0.05, 0.1) is 5.41 Å². The molecule has 1 amide bonds. The van der Waals surface area contributed by atoms with Gasteiger partial charge in [-0.1, -0.05) is 6.07 Å². The second-order valence-electron chi connectivity index (χ2n) is 6.97. The first-order valence-electron chi connectivity index (χ1n) is 8.20. The first-order valence-corrected chi connectivity index (χ1v) is 8.20. The van der Waals surface area contributed by atoms with Gasteiger partial charge in [-0.2, -0.15) is 0 Å². The Morgan fingerprint density at radius 1 is 1.23 bits per heavy atom. The molecule has 2 aliphatic heterocycles. The van der Waals surface area contributed by atoms with Gasteiger partial charge in [0.15, 0.2) is 0 Å². The minimum Gasteiger partial charge on any atom is -0.361 e. The van der Waals surface area contributed by atoms with Crippen LogP contribution in [0.4, 0.5) is 0 Å². The zero-order valence-corrected chi connectivity index (χ0v) is 13.1. The molecule has 1 N–H and O–H groups in total. The van der Waals surface area contributed by atoms with E-state index in [1.165, 1.54) is 16.5 Å². The van der Waals surface area contributed by atoms with Crippen molar-refractivity contribution in [3.63, 3.8) is 0 Å². The van der Waals surface area contributed by atoms with Gasteiger partial charge in [0, 0.05) is 38.4 Å². The van der Waals surface area contributed by atoms with Gasteiger partial charge in [-0.25, -0.2) is 0 Å². The molecule has 0 bridgehead atoms. The lowest BCUT2D eigenvalue weighted by atomic mass is 9.78. The van der Waals surface area contributed by atoms with Gasteiger partial charge >= 0.3 is 0 Å². The summed E-state index contributed by atoms with van der Waals surface area (Å²) >= 11 is 0. The largest absolute Gasteiger partial charge is 0.361 e. The fourth-order valence-corrected chi connectivity index (χ4v) is 4.20. The van der Waals surface area contributed by atoms with Crippen molar-refractivity contribution in [2.24, 2.45) is 5.41 Å². The van der Waals surface area contributed by atoms with Crippen molar-refractivity contribution < 1.29 is 4.79 Å². The first-order chi connectivity index (χ1) is 10.7. The number of carbonyl (C=O) groups excluding carboxylic acids is 1. The lowest BCUT2D eigenvalue weighted by Gasteiger charge is -2.37. The molecule has 4 heteroatoms. The number of hydrogen-bond acceptors (Lipinski definition) is 2. The summed E-state index contributed by atoms with van der Waals surface area (Å²) in [5, 5.41) is 1.26. The lowest BCUT2D eigenvalue weighted by Crippen LogP contribution is -2.48. The molecular weight excluding hydrogens is 274 g/mol. The third-order valence-electron chi connectivity index (χ3n) is 5.41. The van der Waals surface area contributed by atoms with Crippen LogP contribution in [0.1, 0.15) is 24.8 Å². The number of aromatic amines is 1. The molecule has 4 rings (SSSR count). The summed E-state index contributed by atoms with van der Waals surface area (Å²) in [5.41, 5.74) is 2.41. The van der Waals surface area contributed by atoms with Gasteiger partial charge in [0.2, 0.25) is 5.91 Å². The first kappa shape index (κ1) is 13.8. The molecule has 3 heterocycles. The molecule has 0 unspecified atom stereocenters. The Morgan fingerprint density at radius 2 is 2.14 bits per heavy atom. The van der Waals surface area contributed by atoms with Crippen molar-refractivity contribution in [2.75, 3.05) is 26.7 Å². The molecule has 1 atom stereocenters. The summed E-state index contributed by atoms with van der Waals surface area (Å²) in [7, 11) is 1.95. The van der Waals surface area contributed by atoms with E-state index in [2.05, 4.69) is 34.1 Å². The number of piperidine rings is 1. The third kappa shape index (κ3) is 2.22. The Hall–Kier alpha value is -1.81. The van der Waals surface area contributed by atoms with Crippen LogP contribution >= 0.6 is 0 Å². The van der Waals surface area contributed by atoms with Crippen LogP contribution in [0.3, 0.4) is 0 Å². The summed E-state index contributed by atoms with van der Waals surface area (Å²) < 4.78 is 0. The fraction of sp³-hybridized carbons (Fsp3) is 0.500. The molecule has 22 heavy (non-hydrogen) atoms. The van der Waals surface area contributed by atoms with Gasteiger partial charge in [0.25, 0.3) is 0 Å². The number of H-pyrrole nitrogens is 1. The summed E-state index contributed by atoms with van der Waals surface area (Å²) in [6, 6.07) is 8.71. The highest BCUT2D eigenvalue weighted by Gasteiger charge is 2.47. The monoisotopic (exact) mass is 297 g/mol. The molecule has 1 aromatic carbocycles. The smallest absolute Gasteiger partial charge is 0.229 e. The van der Waals surface area contributed by atoms with Crippen molar-refractivity contribution in [3.05, 3.63) is 36.0 Å². The quantitative estimate of drug-likeness (QED) is 0.925. The zero-order chi connectivity index (χ0) is 15.2. The maximum absolute atomic E-state index is 12.6. The number of amides is 1. The van der Waals surface area contributed by atoms with Crippen LogP contribution in [0.25, 0.3) is 10.9 Å². The maximum Gasteiger partial charge on any atom is 0.229 e. The van der Waals surface area contributed by atoms with E-state index in [-0.39, 0.29) is 5.41 Å². The van der Waals surface area contributed by atoms with Crippen LogP contribution in [-0.2, 0) is 11.3 Å². The standard InChI is InChI=1S/C18H23N3O/c1-20-9-2-6-18(17(20)22)7-10-21(13-18)12-14-3-4-16-15(11-14)5-8-19-16/h3-5,8,11,19H,2,6-7,9-10,12-13H2,1H3/t18-/m0/s1. The molecule has 2 fully saturated rings. The highest BCUT2D eigenvalue weighted by molar-refractivity contribution is 5.84. The van der Waals surface area contributed by atoms with Crippen molar-refractivity contribution in [2.45, 2.75) is 25.8 Å². The number of hydrogen-bond donors (Lipinski definition) is 1. The number of nitrogens with zero attached hydrogens (tertiary/aromatic N) is 2. The minimum atomic E-state index is -0.106. The molecule has 4 nitrogen and oxygen atoms in total. The van der Waals surface area contributed by atoms with Crippen molar-refractivity contribution in [1.82, 2.24) is 14.8 Å². The normalized spacial score (nSPS) is 26.4. The van der Waals surface area contributed by atoms with Crippen LogP contribution in [-0.4, -0.2) is 47.4 Å². The zero-order valence-electron chi connectivity index (χ0n) is 13.1. The van der Waals surface area contributed by atoms with Gasteiger partial charge < -0.3 is 9.88 Å². The number of aromatic nitrogens is 1. The van der Waals surface area contributed by atoms with E-state index in [9.17, 15) is 4.79 Å². The van der Waals surface area contributed by atoms with Gasteiger partial charge in [0.1, 0.15) is 0 Å². The predicted octanol–water partition coefficient (Wildman–Crippen LogP) is 2.61. The second-order valence-corrected chi connectivity index (χ2v) is 6.97. The summed E-state index contributed by atoms with van der Waals surface area (Å²) in [6.45, 7) is 3.82. The Balaban J connectivity index is 1.49. The Labute approximate surface area is 131 Å². The van der Waals surface area contributed by atoms with E-state index in [0.29, 0.717) is 5.91 Å². The van der Waals surface area contributed by atoms with Crippen molar-refractivity contribution in [3.8, 4) is 0 Å². The average Bonchev–Trinajstić information content (AvgIpc) is 3.12. The number of carbonyl (C=O) groups is 1. The number of benzene rings is 1. The van der Waals surface area contributed by atoms with E-state index < -0.39 is 0 Å². The Bertz CT molecular complexity index is 707. The Morgan fingerprint density at radius 3 is 3.05 bits per heavy atom. The topological polar surface area (TPSA) is 39.3 Å². The fourth-order valence-electron chi connectivity index (χ4n) is 4.20. The molecule has 1 spiro atoms. The predicted molar refractivity (Wildman–Crippen MR) is 87.5 cm³/mol. The van der Waals surface area contributed by atoms with E-state index in [4.69, 9.17) is 0 Å². The van der Waals surface area contributed by atoms with Gasteiger partial charge in [-0.05, 0) is 55.0 Å². The van der Waals surface area contributed by atoms with Crippen LogP contribution in [0.5, 0.6) is 0 Å². The number of fused-ring (bicyclic) bond motifs is 1. The van der Waals surface area contributed by atoms with E-state index in [1.807, 2.05) is 18.1 Å². The van der Waals surface area contributed by atoms with Crippen LogP contribution in [0.15, 0.2) is 30.5 Å². The summed E-state index contributed by atoms with van der Waals surface area (Å²) in [5.74, 6) is 0.363. The Kier molecular flexibility index (Phi) is 3.22. The van der Waals surface area contributed by atoms with E-state index in [0.717, 1.165) is 45.4 Å². The van der Waals surface area contributed by atoms with Crippen LogP contribution < -0.4 is 0 Å². The molecule has 1 aromatic heterocycles. The van der Waals surface area contributed by atoms with E-state index in [1.54, 1.807) is 0 Å². The lowest BCUT2D eigenvalue weighted by molar-refractivity contribution is -0.143. The molecule has 0 radical (unpaired) electrons. The number of nitrogens with one attached hydrogen (secondary N) is 1. The molecule has 2 saturated heterocycles. The third-order valence-corrected chi connectivity index (χ3v) is 5.41. The van der Waals surface area contributed by atoms with Crippen molar-refractivity contribution in [1.29, 1.82) is 0 Å². The molecule has 2 aliphatic rings. The molecule has 0 saturated carbocycles. The number of rotatable bonds is 2. The van der Waals surface area contributed by atoms with E-state index >= 15 is 0 Å². The summed E-state index contributed by atoms with van der Waals surface area (Å²) in [4.78, 5) is 20.2. The maximum atomic E-state index is 12.6. The minimum absolute atomic E-state index is 0.106. The van der Waals surface area contributed by atoms with Gasteiger partial charge in [-0.15, -0.1) is 0 Å². The highest BCUT2D eigenvalue weighted by Crippen LogP contribution is 2.40. The highest BCUT2D eigenvalue weighted by atomic mass is 16.2. The summed E-state index contributed by atoms with van der Waals surface area (Å²) in [6.07, 6.45) is 5.20. The SMILES string of the molecule is CN1CCC[C@@]2(CCN(Cc3ccc4[nH]ccc4c3)C2)C1=O. The van der Waals surface area contributed by atoms with Crippen molar-refractivity contribution >= 4 is 16.8 Å². The molecular formula is C18H23N3O. The molecule has 0 aliphatic carbocycles. The molecule has 116 valence electrons. The van der Waals surface area contributed by atoms with Gasteiger partial charge in [-0.3, -0.25) is 9.69 Å². The average molecular weight is 297 g/mol. The van der Waals surface area contributed by atoms with Crippen LogP contribution in [0.2, 0.25) is 0 Å².